The molecule has 0 bridgehead atoms. The molecule has 0 aromatic heterocycles. The Hall–Kier alpha value is -1.40. The Bertz CT molecular complexity index is 505. The molecule has 1 nitrogen and oxygen atoms in total. The zero-order chi connectivity index (χ0) is 15.8. The number of alkyl halides is 6. The average Bonchev–Trinajstić information content (AvgIpc) is 2.37. The standard InChI is InChI=1S/C14H15F6N/c1-9-4-5-11(7-12(9)14(18,19)20)21-6-2-3-10(8-21)13(15,16)17/h4-5,7,10H,2-3,6,8H2,1H3. The van der Waals surface area contributed by atoms with Crippen LogP contribution in [0.4, 0.5) is 32.0 Å². The predicted octanol–water partition coefficient (Wildman–Crippen LogP) is 4.79. The van der Waals surface area contributed by atoms with Crippen molar-refractivity contribution >= 4 is 5.69 Å². The van der Waals surface area contributed by atoms with E-state index < -0.39 is 23.8 Å². The van der Waals surface area contributed by atoms with Crippen molar-refractivity contribution in [1.82, 2.24) is 0 Å². The summed E-state index contributed by atoms with van der Waals surface area (Å²) in [6.07, 6.45) is -8.47. The van der Waals surface area contributed by atoms with Gasteiger partial charge in [0.15, 0.2) is 0 Å². The van der Waals surface area contributed by atoms with E-state index >= 15 is 0 Å². The molecule has 1 unspecified atom stereocenters. The van der Waals surface area contributed by atoms with Crippen LogP contribution >= 0.6 is 0 Å². The van der Waals surface area contributed by atoms with E-state index in [2.05, 4.69) is 0 Å². The minimum atomic E-state index is -4.50. The topological polar surface area (TPSA) is 3.24 Å². The van der Waals surface area contributed by atoms with Crippen molar-refractivity contribution in [3.05, 3.63) is 29.3 Å². The van der Waals surface area contributed by atoms with E-state index in [4.69, 9.17) is 0 Å². The Labute approximate surface area is 118 Å². The number of hydrogen-bond donors (Lipinski definition) is 0. The molecule has 1 heterocycles. The Morgan fingerprint density at radius 1 is 1.10 bits per heavy atom. The summed E-state index contributed by atoms with van der Waals surface area (Å²) < 4.78 is 76.9. The largest absolute Gasteiger partial charge is 0.416 e. The molecule has 1 aliphatic rings. The minimum absolute atomic E-state index is 0.0258. The molecule has 0 amide bonds. The van der Waals surface area contributed by atoms with Crippen LogP contribution in [0.5, 0.6) is 0 Å². The van der Waals surface area contributed by atoms with Gasteiger partial charge in [0.05, 0.1) is 11.5 Å². The molecule has 1 aromatic carbocycles. The smallest absolute Gasteiger partial charge is 0.371 e. The molecular formula is C14H15F6N. The maximum absolute atomic E-state index is 12.9. The van der Waals surface area contributed by atoms with Crippen LogP contribution in [-0.4, -0.2) is 19.3 Å². The van der Waals surface area contributed by atoms with Crippen LogP contribution in [0.15, 0.2) is 18.2 Å². The molecule has 118 valence electrons. The fourth-order valence-electron chi connectivity index (χ4n) is 2.59. The number of aryl methyl sites for hydroxylation is 1. The molecule has 0 spiro atoms. The molecule has 7 heteroatoms. The van der Waals surface area contributed by atoms with Gasteiger partial charge in [-0.2, -0.15) is 26.3 Å². The van der Waals surface area contributed by atoms with Gasteiger partial charge in [0.25, 0.3) is 0 Å². The van der Waals surface area contributed by atoms with Crippen molar-refractivity contribution in [1.29, 1.82) is 0 Å². The third-order valence-corrected chi connectivity index (χ3v) is 3.78. The lowest BCUT2D eigenvalue weighted by Crippen LogP contribution is -2.41. The van der Waals surface area contributed by atoms with Crippen LogP contribution in [0, 0.1) is 12.8 Å². The zero-order valence-electron chi connectivity index (χ0n) is 11.4. The monoisotopic (exact) mass is 311 g/mol. The maximum atomic E-state index is 12.9. The van der Waals surface area contributed by atoms with Crippen LogP contribution in [0.25, 0.3) is 0 Å². The van der Waals surface area contributed by atoms with Gasteiger partial charge < -0.3 is 4.90 Å². The zero-order valence-corrected chi connectivity index (χ0v) is 11.4. The van der Waals surface area contributed by atoms with Gasteiger partial charge in [-0.15, -0.1) is 0 Å². The van der Waals surface area contributed by atoms with E-state index in [9.17, 15) is 26.3 Å². The first-order chi connectivity index (χ1) is 9.59. The third kappa shape index (κ3) is 3.63. The van der Waals surface area contributed by atoms with Gasteiger partial charge >= 0.3 is 12.4 Å². The van der Waals surface area contributed by atoms with E-state index in [1.165, 1.54) is 24.0 Å². The summed E-state index contributed by atoms with van der Waals surface area (Å²) in [7, 11) is 0. The van der Waals surface area contributed by atoms with Crippen LogP contribution in [0.3, 0.4) is 0 Å². The average molecular weight is 311 g/mol. The number of halogens is 6. The Morgan fingerprint density at radius 3 is 2.33 bits per heavy atom. The van der Waals surface area contributed by atoms with Crippen LogP contribution in [-0.2, 0) is 6.18 Å². The van der Waals surface area contributed by atoms with E-state index in [0.717, 1.165) is 6.07 Å². The summed E-state index contributed by atoms with van der Waals surface area (Å²) in [4.78, 5) is 1.39. The quantitative estimate of drug-likeness (QED) is 0.674. The van der Waals surface area contributed by atoms with Crippen LogP contribution < -0.4 is 4.90 Å². The van der Waals surface area contributed by atoms with Crippen LogP contribution in [0.1, 0.15) is 24.0 Å². The van der Waals surface area contributed by atoms with Crippen LogP contribution in [0.2, 0.25) is 0 Å². The SMILES string of the molecule is Cc1ccc(N2CCCC(C(F)(F)F)C2)cc1C(F)(F)F. The van der Waals surface area contributed by atoms with Crippen molar-refractivity contribution in [2.75, 3.05) is 18.0 Å². The molecule has 0 saturated carbocycles. The Balaban J connectivity index is 2.26. The van der Waals surface area contributed by atoms with E-state index in [1.54, 1.807) is 0 Å². The second-order valence-electron chi connectivity index (χ2n) is 5.32. The van der Waals surface area contributed by atoms with Gasteiger partial charge in [-0.25, -0.2) is 0 Å². The van der Waals surface area contributed by atoms with Crippen molar-refractivity contribution in [2.45, 2.75) is 32.1 Å². The summed E-state index contributed by atoms with van der Waals surface area (Å²) in [5.41, 5.74) is -0.536. The first-order valence-corrected chi connectivity index (χ1v) is 6.58. The number of benzene rings is 1. The molecule has 1 saturated heterocycles. The van der Waals surface area contributed by atoms with Crippen molar-refractivity contribution in [2.24, 2.45) is 5.92 Å². The molecule has 1 atom stereocenters. The van der Waals surface area contributed by atoms with Crippen molar-refractivity contribution < 1.29 is 26.3 Å². The summed E-state index contributed by atoms with van der Waals surface area (Å²) in [6.45, 7) is 1.39. The number of anilines is 1. The van der Waals surface area contributed by atoms with Crippen molar-refractivity contribution in [3.63, 3.8) is 0 Å². The van der Waals surface area contributed by atoms with Gasteiger partial charge in [-0.05, 0) is 37.5 Å². The molecule has 1 aliphatic heterocycles. The summed E-state index contributed by atoms with van der Waals surface area (Å²) >= 11 is 0. The fourth-order valence-corrected chi connectivity index (χ4v) is 2.59. The number of nitrogens with zero attached hydrogens (tertiary/aromatic N) is 1. The summed E-state index contributed by atoms with van der Waals surface area (Å²) in [5, 5.41) is 0. The van der Waals surface area contributed by atoms with E-state index in [0.29, 0.717) is 13.0 Å². The highest BCUT2D eigenvalue weighted by Gasteiger charge is 2.42. The summed E-state index contributed by atoms with van der Waals surface area (Å²) in [6, 6.07) is 3.69. The second-order valence-corrected chi connectivity index (χ2v) is 5.32. The second kappa shape index (κ2) is 5.42. The molecule has 0 aliphatic carbocycles. The molecule has 2 rings (SSSR count). The normalized spacial score (nSPS) is 20.7. The minimum Gasteiger partial charge on any atom is -0.371 e. The molecule has 1 aromatic rings. The number of rotatable bonds is 1. The maximum Gasteiger partial charge on any atom is 0.416 e. The lowest BCUT2D eigenvalue weighted by atomic mass is 9.96. The molecule has 0 radical (unpaired) electrons. The Morgan fingerprint density at radius 2 is 1.76 bits per heavy atom. The molecular weight excluding hydrogens is 296 g/mol. The first kappa shape index (κ1) is 16.0. The summed E-state index contributed by atoms with van der Waals surface area (Å²) in [5.74, 6) is -1.48. The van der Waals surface area contributed by atoms with Gasteiger partial charge in [0.2, 0.25) is 0 Å². The lowest BCUT2D eigenvalue weighted by Gasteiger charge is -2.35. The molecule has 21 heavy (non-hydrogen) atoms. The fraction of sp³-hybridized carbons (Fsp3) is 0.571. The van der Waals surface area contributed by atoms with Gasteiger partial charge in [-0.1, -0.05) is 6.07 Å². The van der Waals surface area contributed by atoms with E-state index in [1.807, 2.05) is 0 Å². The third-order valence-electron chi connectivity index (χ3n) is 3.78. The number of piperidine rings is 1. The molecule has 1 fully saturated rings. The van der Waals surface area contributed by atoms with E-state index in [-0.39, 0.29) is 24.2 Å². The highest BCUT2D eigenvalue weighted by molar-refractivity contribution is 5.52. The molecule has 0 N–H and O–H groups in total. The highest BCUT2D eigenvalue weighted by atomic mass is 19.4. The van der Waals surface area contributed by atoms with Crippen molar-refractivity contribution in [3.8, 4) is 0 Å². The van der Waals surface area contributed by atoms with Gasteiger partial charge in [0, 0.05) is 18.8 Å². The predicted molar refractivity (Wildman–Crippen MR) is 67.2 cm³/mol. The Kier molecular flexibility index (Phi) is 4.13. The highest BCUT2D eigenvalue weighted by Crippen LogP contribution is 2.37. The number of hydrogen-bond acceptors (Lipinski definition) is 1. The van der Waals surface area contributed by atoms with Gasteiger partial charge in [-0.3, -0.25) is 0 Å². The first-order valence-electron chi connectivity index (χ1n) is 6.58. The van der Waals surface area contributed by atoms with Gasteiger partial charge in [0.1, 0.15) is 0 Å². The lowest BCUT2D eigenvalue weighted by molar-refractivity contribution is -0.176.